The molecular formula is C9H21N3O. The summed E-state index contributed by atoms with van der Waals surface area (Å²) in [5.74, 6) is 0.132. The molecule has 13 heavy (non-hydrogen) atoms. The SMILES string of the molecule is CC(C)N(C)C(=O)CNCCCN. The Bertz CT molecular complexity index is 148. The van der Waals surface area contributed by atoms with Crippen LogP contribution in [-0.2, 0) is 4.79 Å². The molecule has 0 aromatic heterocycles. The van der Waals surface area contributed by atoms with Gasteiger partial charge in [-0.15, -0.1) is 0 Å². The zero-order valence-electron chi connectivity index (χ0n) is 8.84. The minimum Gasteiger partial charge on any atom is -0.342 e. The number of hydrogen-bond donors (Lipinski definition) is 2. The zero-order valence-corrected chi connectivity index (χ0v) is 8.84. The normalized spacial score (nSPS) is 10.5. The van der Waals surface area contributed by atoms with Crippen LogP contribution in [0.25, 0.3) is 0 Å². The summed E-state index contributed by atoms with van der Waals surface area (Å²) in [6.07, 6.45) is 0.915. The lowest BCUT2D eigenvalue weighted by molar-refractivity contribution is -0.130. The molecule has 4 nitrogen and oxygen atoms in total. The third-order valence-electron chi connectivity index (χ3n) is 2.00. The fourth-order valence-electron chi connectivity index (χ4n) is 0.835. The standard InChI is InChI=1S/C9H21N3O/c1-8(2)12(3)9(13)7-11-6-4-5-10/h8,11H,4-7,10H2,1-3H3. The molecule has 0 unspecified atom stereocenters. The van der Waals surface area contributed by atoms with E-state index in [2.05, 4.69) is 5.32 Å². The van der Waals surface area contributed by atoms with Gasteiger partial charge in [-0.3, -0.25) is 4.79 Å². The summed E-state index contributed by atoms with van der Waals surface area (Å²) < 4.78 is 0. The Morgan fingerprint density at radius 3 is 2.62 bits per heavy atom. The van der Waals surface area contributed by atoms with Crippen LogP contribution in [-0.4, -0.2) is 43.5 Å². The summed E-state index contributed by atoms with van der Waals surface area (Å²) in [4.78, 5) is 13.1. The van der Waals surface area contributed by atoms with Crippen LogP contribution in [0.2, 0.25) is 0 Å². The highest BCUT2D eigenvalue weighted by Gasteiger charge is 2.10. The third kappa shape index (κ3) is 5.60. The minimum atomic E-state index is 0.132. The number of carbonyl (C=O) groups excluding carboxylic acids is 1. The molecule has 0 aromatic carbocycles. The van der Waals surface area contributed by atoms with Gasteiger partial charge in [-0.2, -0.15) is 0 Å². The van der Waals surface area contributed by atoms with Crippen molar-refractivity contribution in [1.29, 1.82) is 0 Å². The Morgan fingerprint density at radius 1 is 1.54 bits per heavy atom. The molecule has 0 spiro atoms. The predicted octanol–water partition coefficient (Wildman–Crippen LogP) is -0.208. The van der Waals surface area contributed by atoms with Crippen LogP contribution >= 0.6 is 0 Å². The molecule has 4 heteroatoms. The molecule has 0 aliphatic heterocycles. The van der Waals surface area contributed by atoms with E-state index >= 15 is 0 Å². The molecule has 0 aliphatic carbocycles. The van der Waals surface area contributed by atoms with E-state index in [1.165, 1.54) is 0 Å². The van der Waals surface area contributed by atoms with Crippen LogP contribution in [0.4, 0.5) is 0 Å². The third-order valence-corrected chi connectivity index (χ3v) is 2.00. The average Bonchev–Trinajstić information content (AvgIpc) is 2.10. The molecule has 0 radical (unpaired) electrons. The summed E-state index contributed by atoms with van der Waals surface area (Å²) in [5, 5.41) is 3.05. The molecule has 1 amide bonds. The molecule has 3 N–H and O–H groups in total. The zero-order chi connectivity index (χ0) is 10.3. The second-order valence-electron chi connectivity index (χ2n) is 3.42. The van der Waals surface area contributed by atoms with Gasteiger partial charge in [0.2, 0.25) is 5.91 Å². The quantitative estimate of drug-likeness (QED) is 0.566. The molecular weight excluding hydrogens is 166 g/mol. The highest BCUT2D eigenvalue weighted by molar-refractivity contribution is 5.78. The van der Waals surface area contributed by atoms with Gasteiger partial charge in [-0.25, -0.2) is 0 Å². The van der Waals surface area contributed by atoms with Gasteiger partial charge >= 0.3 is 0 Å². The largest absolute Gasteiger partial charge is 0.342 e. The maximum Gasteiger partial charge on any atom is 0.236 e. The van der Waals surface area contributed by atoms with E-state index in [-0.39, 0.29) is 11.9 Å². The highest BCUT2D eigenvalue weighted by atomic mass is 16.2. The first-order valence-electron chi connectivity index (χ1n) is 4.76. The van der Waals surface area contributed by atoms with Crippen LogP contribution in [0, 0.1) is 0 Å². The Hall–Kier alpha value is -0.610. The lowest BCUT2D eigenvalue weighted by atomic mass is 10.3. The molecule has 78 valence electrons. The molecule has 0 saturated carbocycles. The number of nitrogens with one attached hydrogen (secondary N) is 1. The maximum absolute atomic E-state index is 11.4. The van der Waals surface area contributed by atoms with Crippen LogP contribution in [0.5, 0.6) is 0 Å². The number of likely N-dealkylation sites (N-methyl/N-ethyl adjacent to an activating group) is 1. The van der Waals surface area contributed by atoms with Gasteiger partial charge in [0.15, 0.2) is 0 Å². The monoisotopic (exact) mass is 187 g/mol. The number of nitrogens with zero attached hydrogens (tertiary/aromatic N) is 1. The Kier molecular flexibility index (Phi) is 6.54. The van der Waals surface area contributed by atoms with Gasteiger partial charge in [0.25, 0.3) is 0 Å². The van der Waals surface area contributed by atoms with Crippen molar-refractivity contribution in [3.05, 3.63) is 0 Å². The van der Waals surface area contributed by atoms with Crippen molar-refractivity contribution in [2.24, 2.45) is 5.73 Å². The molecule has 0 aromatic rings. The van der Waals surface area contributed by atoms with Crippen molar-refractivity contribution in [2.45, 2.75) is 26.3 Å². The van der Waals surface area contributed by atoms with Gasteiger partial charge in [0.1, 0.15) is 0 Å². The Labute approximate surface area is 80.5 Å². The summed E-state index contributed by atoms with van der Waals surface area (Å²) in [5.41, 5.74) is 5.32. The first kappa shape index (κ1) is 12.4. The minimum absolute atomic E-state index is 0.132. The first-order valence-corrected chi connectivity index (χ1v) is 4.76. The highest BCUT2D eigenvalue weighted by Crippen LogP contribution is 1.92. The van der Waals surface area contributed by atoms with Gasteiger partial charge in [-0.05, 0) is 33.4 Å². The first-order chi connectivity index (χ1) is 6.09. The van der Waals surface area contributed by atoms with E-state index < -0.39 is 0 Å². The molecule has 0 rings (SSSR count). The second kappa shape index (κ2) is 6.86. The van der Waals surface area contributed by atoms with E-state index in [0.29, 0.717) is 13.1 Å². The molecule has 0 fully saturated rings. The van der Waals surface area contributed by atoms with Gasteiger partial charge in [0.05, 0.1) is 6.54 Å². The number of carbonyl (C=O) groups is 1. The van der Waals surface area contributed by atoms with Crippen molar-refractivity contribution >= 4 is 5.91 Å². The fraction of sp³-hybridized carbons (Fsp3) is 0.889. The number of amides is 1. The fourth-order valence-corrected chi connectivity index (χ4v) is 0.835. The molecule has 0 bridgehead atoms. The number of rotatable bonds is 6. The van der Waals surface area contributed by atoms with Crippen molar-refractivity contribution in [1.82, 2.24) is 10.2 Å². The Balaban J connectivity index is 3.50. The Morgan fingerprint density at radius 2 is 2.15 bits per heavy atom. The van der Waals surface area contributed by atoms with Crippen LogP contribution in [0.15, 0.2) is 0 Å². The predicted molar refractivity (Wildman–Crippen MR) is 54.4 cm³/mol. The van der Waals surface area contributed by atoms with E-state index in [0.717, 1.165) is 13.0 Å². The molecule has 0 aliphatic rings. The van der Waals surface area contributed by atoms with E-state index in [9.17, 15) is 4.79 Å². The average molecular weight is 187 g/mol. The van der Waals surface area contributed by atoms with Gasteiger partial charge in [0, 0.05) is 13.1 Å². The van der Waals surface area contributed by atoms with E-state index in [1.54, 1.807) is 4.90 Å². The van der Waals surface area contributed by atoms with Crippen molar-refractivity contribution in [3.8, 4) is 0 Å². The summed E-state index contributed by atoms with van der Waals surface area (Å²) in [6, 6.07) is 0.267. The van der Waals surface area contributed by atoms with Gasteiger partial charge < -0.3 is 16.0 Å². The molecule has 0 atom stereocenters. The van der Waals surface area contributed by atoms with Crippen LogP contribution in [0.1, 0.15) is 20.3 Å². The van der Waals surface area contributed by atoms with Crippen molar-refractivity contribution < 1.29 is 4.79 Å². The summed E-state index contributed by atoms with van der Waals surface area (Å²) in [7, 11) is 1.82. The smallest absolute Gasteiger partial charge is 0.236 e. The summed E-state index contributed by atoms with van der Waals surface area (Å²) >= 11 is 0. The van der Waals surface area contributed by atoms with E-state index in [4.69, 9.17) is 5.73 Å². The lowest BCUT2D eigenvalue weighted by Crippen LogP contribution is -2.39. The van der Waals surface area contributed by atoms with Gasteiger partial charge in [-0.1, -0.05) is 0 Å². The number of hydrogen-bond acceptors (Lipinski definition) is 3. The second-order valence-corrected chi connectivity index (χ2v) is 3.42. The van der Waals surface area contributed by atoms with Crippen molar-refractivity contribution in [2.75, 3.05) is 26.7 Å². The van der Waals surface area contributed by atoms with Crippen molar-refractivity contribution in [3.63, 3.8) is 0 Å². The number of nitrogens with two attached hydrogens (primary N) is 1. The molecule has 0 heterocycles. The van der Waals surface area contributed by atoms with E-state index in [1.807, 2.05) is 20.9 Å². The van der Waals surface area contributed by atoms with Crippen LogP contribution in [0.3, 0.4) is 0 Å². The lowest BCUT2D eigenvalue weighted by Gasteiger charge is -2.21. The van der Waals surface area contributed by atoms with Crippen LogP contribution < -0.4 is 11.1 Å². The maximum atomic E-state index is 11.4. The molecule has 0 saturated heterocycles. The summed E-state index contributed by atoms with van der Waals surface area (Å²) in [6.45, 7) is 5.89. The topological polar surface area (TPSA) is 58.4 Å².